The summed E-state index contributed by atoms with van der Waals surface area (Å²) in [4.78, 5) is 16.1. The Hall–Kier alpha value is -1.33. The highest BCUT2D eigenvalue weighted by Crippen LogP contribution is 2.15. The number of likely N-dealkylation sites (N-methyl/N-ethyl adjacent to an activating group) is 1. The van der Waals surface area contributed by atoms with Crippen molar-refractivity contribution in [2.24, 2.45) is 11.7 Å². The van der Waals surface area contributed by atoms with Crippen molar-refractivity contribution in [3.05, 3.63) is 23.7 Å². The average Bonchev–Trinajstić information content (AvgIpc) is 2.79. The maximum absolute atomic E-state index is 12.2. The highest BCUT2D eigenvalue weighted by molar-refractivity contribution is 5.77. The van der Waals surface area contributed by atoms with E-state index in [9.17, 15) is 4.79 Å². The Bertz CT molecular complexity index is 458. The molecule has 0 radical (unpaired) electrons. The van der Waals surface area contributed by atoms with E-state index in [-0.39, 0.29) is 11.9 Å². The number of amides is 1. The first-order valence-corrected chi connectivity index (χ1v) is 7.23. The molecule has 1 fully saturated rings. The minimum atomic E-state index is 0.127. The van der Waals surface area contributed by atoms with Crippen LogP contribution in [-0.2, 0) is 11.3 Å². The van der Waals surface area contributed by atoms with Crippen LogP contribution < -0.4 is 5.73 Å². The number of hydrogen-bond acceptors (Lipinski definition) is 4. The third-order valence-electron chi connectivity index (χ3n) is 4.03. The lowest BCUT2D eigenvalue weighted by atomic mass is 9.95. The quantitative estimate of drug-likeness (QED) is 0.900. The van der Waals surface area contributed by atoms with Gasteiger partial charge in [-0.3, -0.25) is 9.69 Å². The fourth-order valence-electron chi connectivity index (χ4n) is 2.60. The molecule has 1 aromatic heterocycles. The Morgan fingerprint density at radius 2 is 2.30 bits per heavy atom. The van der Waals surface area contributed by atoms with E-state index < -0.39 is 0 Å². The number of carbonyl (C=O) groups excluding carboxylic acids is 1. The van der Waals surface area contributed by atoms with Crippen molar-refractivity contribution < 1.29 is 9.21 Å². The van der Waals surface area contributed by atoms with Gasteiger partial charge in [-0.15, -0.1) is 0 Å². The third kappa shape index (κ3) is 3.84. The van der Waals surface area contributed by atoms with Crippen molar-refractivity contribution in [1.82, 2.24) is 9.80 Å². The maximum Gasteiger partial charge on any atom is 0.236 e. The second kappa shape index (κ2) is 6.41. The standard InChI is InChI=1S/C15H25N3O2/c1-11-8-18(7-6-14(11)16)10-15(19)17(3)9-13-5-4-12(2)20-13/h4-5,11,14H,6-10,16H2,1-3H3. The number of furan rings is 1. The van der Waals surface area contributed by atoms with E-state index in [1.165, 1.54) is 0 Å². The molecule has 0 bridgehead atoms. The van der Waals surface area contributed by atoms with E-state index in [4.69, 9.17) is 10.2 Å². The van der Waals surface area contributed by atoms with Gasteiger partial charge in [0, 0.05) is 26.2 Å². The van der Waals surface area contributed by atoms with Gasteiger partial charge in [0.25, 0.3) is 0 Å². The first-order valence-electron chi connectivity index (χ1n) is 7.23. The Morgan fingerprint density at radius 3 is 2.90 bits per heavy atom. The van der Waals surface area contributed by atoms with E-state index in [2.05, 4.69) is 11.8 Å². The number of piperidine rings is 1. The second-order valence-electron chi connectivity index (χ2n) is 5.93. The molecular weight excluding hydrogens is 254 g/mol. The normalized spacial score (nSPS) is 23.8. The van der Waals surface area contributed by atoms with Crippen molar-refractivity contribution in [2.75, 3.05) is 26.7 Å². The highest BCUT2D eigenvalue weighted by atomic mass is 16.3. The summed E-state index contributed by atoms with van der Waals surface area (Å²) >= 11 is 0. The minimum Gasteiger partial charge on any atom is -0.464 e. The molecule has 2 heterocycles. The van der Waals surface area contributed by atoms with E-state index in [1.807, 2.05) is 26.1 Å². The Balaban J connectivity index is 1.82. The van der Waals surface area contributed by atoms with Crippen molar-refractivity contribution in [3.8, 4) is 0 Å². The summed E-state index contributed by atoms with van der Waals surface area (Å²) < 4.78 is 5.50. The summed E-state index contributed by atoms with van der Waals surface area (Å²) in [5, 5.41) is 0. The average molecular weight is 279 g/mol. The lowest BCUT2D eigenvalue weighted by Gasteiger charge is -2.35. The number of aryl methyl sites for hydroxylation is 1. The molecule has 5 nitrogen and oxygen atoms in total. The molecule has 1 amide bonds. The zero-order valence-electron chi connectivity index (χ0n) is 12.6. The Labute approximate surface area is 120 Å². The Kier molecular flexibility index (Phi) is 4.83. The summed E-state index contributed by atoms with van der Waals surface area (Å²) in [6.07, 6.45) is 0.968. The largest absolute Gasteiger partial charge is 0.464 e. The summed E-state index contributed by atoms with van der Waals surface area (Å²) in [6, 6.07) is 4.10. The van der Waals surface area contributed by atoms with E-state index >= 15 is 0 Å². The van der Waals surface area contributed by atoms with Gasteiger partial charge in [0.1, 0.15) is 11.5 Å². The number of likely N-dealkylation sites (tertiary alicyclic amines) is 1. The number of carbonyl (C=O) groups is 1. The molecule has 0 aliphatic carbocycles. The van der Waals surface area contributed by atoms with Crippen molar-refractivity contribution in [2.45, 2.75) is 32.9 Å². The van der Waals surface area contributed by atoms with Gasteiger partial charge < -0.3 is 15.1 Å². The third-order valence-corrected chi connectivity index (χ3v) is 4.03. The van der Waals surface area contributed by atoms with Crippen LogP contribution in [0.1, 0.15) is 24.9 Å². The second-order valence-corrected chi connectivity index (χ2v) is 5.93. The topological polar surface area (TPSA) is 62.7 Å². The molecule has 0 spiro atoms. The first kappa shape index (κ1) is 15.1. The summed E-state index contributed by atoms with van der Waals surface area (Å²) in [6.45, 7) is 6.86. The molecule has 0 saturated carbocycles. The van der Waals surface area contributed by atoms with Crippen LogP contribution in [0, 0.1) is 12.8 Å². The molecule has 1 aliphatic rings. The molecule has 2 atom stereocenters. The van der Waals surface area contributed by atoms with Crippen LogP contribution in [0.5, 0.6) is 0 Å². The molecule has 5 heteroatoms. The molecular formula is C15H25N3O2. The van der Waals surface area contributed by atoms with Gasteiger partial charge in [0.2, 0.25) is 5.91 Å². The van der Waals surface area contributed by atoms with Crippen molar-refractivity contribution in [1.29, 1.82) is 0 Å². The number of rotatable bonds is 4. The van der Waals surface area contributed by atoms with Crippen molar-refractivity contribution in [3.63, 3.8) is 0 Å². The van der Waals surface area contributed by atoms with Crippen LogP contribution >= 0.6 is 0 Å². The predicted molar refractivity (Wildman–Crippen MR) is 78.1 cm³/mol. The van der Waals surface area contributed by atoms with Crippen molar-refractivity contribution >= 4 is 5.91 Å². The number of hydrogen-bond donors (Lipinski definition) is 1. The molecule has 112 valence electrons. The zero-order chi connectivity index (χ0) is 14.7. The van der Waals surface area contributed by atoms with Crippen LogP contribution in [-0.4, -0.2) is 48.4 Å². The molecule has 2 rings (SSSR count). The maximum atomic E-state index is 12.2. The molecule has 2 unspecified atom stereocenters. The number of nitrogens with two attached hydrogens (primary N) is 1. The van der Waals surface area contributed by atoms with Crippen LogP contribution in [0.25, 0.3) is 0 Å². The van der Waals surface area contributed by atoms with E-state index in [0.29, 0.717) is 19.0 Å². The molecule has 0 aromatic carbocycles. The minimum absolute atomic E-state index is 0.127. The molecule has 1 saturated heterocycles. The van der Waals surface area contributed by atoms with Gasteiger partial charge in [-0.25, -0.2) is 0 Å². The lowest BCUT2D eigenvalue weighted by Crippen LogP contribution is -2.49. The van der Waals surface area contributed by atoms with Gasteiger partial charge >= 0.3 is 0 Å². The predicted octanol–water partition coefficient (Wildman–Crippen LogP) is 1.22. The van der Waals surface area contributed by atoms with Gasteiger partial charge in [-0.2, -0.15) is 0 Å². The fraction of sp³-hybridized carbons (Fsp3) is 0.667. The zero-order valence-corrected chi connectivity index (χ0v) is 12.6. The summed E-state index contributed by atoms with van der Waals surface area (Å²) in [5.41, 5.74) is 6.00. The van der Waals surface area contributed by atoms with Crippen LogP contribution in [0.15, 0.2) is 16.5 Å². The molecule has 1 aliphatic heterocycles. The smallest absolute Gasteiger partial charge is 0.236 e. The van der Waals surface area contributed by atoms with Gasteiger partial charge in [-0.05, 0) is 31.4 Å². The van der Waals surface area contributed by atoms with Crippen LogP contribution in [0.4, 0.5) is 0 Å². The first-order chi connectivity index (χ1) is 9.45. The fourth-order valence-corrected chi connectivity index (χ4v) is 2.60. The van der Waals surface area contributed by atoms with E-state index in [1.54, 1.807) is 4.90 Å². The molecule has 20 heavy (non-hydrogen) atoms. The molecule has 2 N–H and O–H groups in total. The monoisotopic (exact) mass is 279 g/mol. The SMILES string of the molecule is Cc1ccc(CN(C)C(=O)CN2CCC(N)C(C)C2)o1. The number of nitrogens with zero attached hydrogens (tertiary/aromatic N) is 2. The molecule has 1 aromatic rings. The highest BCUT2D eigenvalue weighted by Gasteiger charge is 2.25. The van der Waals surface area contributed by atoms with Crippen LogP contribution in [0.2, 0.25) is 0 Å². The van der Waals surface area contributed by atoms with E-state index in [0.717, 1.165) is 31.0 Å². The summed E-state index contributed by atoms with van der Waals surface area (Å²) in [7, 11) is 1.82. The van der Waals surface area contributed by atoms with Crippen LogP contribution in [0.3, 0.4) is 0 Å². The van der Waals surface area contributed by atoms with Gasteiger partial charge in [0.15, 0.2) is 0 Å². The van der Waals surface area contributed by atoms with Gasteiger partial charge in [0.05, 0.1) is 13.1 Å². The Morgan fingerprint density at radius 1 is 1.55 bits per heavy atom. The summed E-state index contributed by atoms with van der Waals surface area (Å²) in [5.74, 6) is 2.28. The lowest BCUT2D eigenvalue weighted by molar-refractivity contribution is -0.132. The van der Waals surface area contributed by atoms with Gasteiger partial charge in [-0.1, -0.05) is 6.92 Å².